The largest absolute Gasteiger partial charge is 0.497 e. The molecule has 0 aliphatic carbocycles. The average molecular weight is 366 g/mol. The van der Waals surface area contributed by atoms with E-state index in [2.05, 4.69) is 23.1 Å². The predicted octanol–water partition coefficient (Wildman–Crippen LogP) is 3.19. The Morgan fingerprint density at radius 1 is 1.15 bits per heavy atom. The highest BCUT2D eigenvalue weighted by Gasteiger charge is 2.23. The van der Waals surface area contributed by atoms with Gasteiger partial charge in [0.05, 0.1) is 23.7 Å². The predicted molar refractivity (Wildman–Crippen MR) is 103 cm³/mol. The summed E-state index contributed by atoms with van der Waals surface area (Å²) in [5, 5.41) is 20.5. The maximum absolute atomic E-state index is 11.4. The van der Waals surface area contributed by atoms with Gasteiger partial charge in [0.15, 0.2) is 0 Å². The van der Waals surface area contributed by atoms with E-state index in [1.54, 1.807) is 13.2 Å². The molecule has 0 spiro atoms. The Morgan fingerprint density at radius 2 is 1.93 bits per heavy atom. The molecule has 1 saturated heterocycles. The van der Waals surface area contributed by atoms with Crippen molar-refractivity contribution in [2.75, 3.05) is 38.2 Å². The molecule has 3 rings (SSSR count). The lowest BCUT2D eigenvalue weighted by atomic mass is 10.1. The van der Waals surface area contributed by atoms with Crippen LogP contribution in [0, 0.1) is 21.4 Å². The number of methoxy groups -OCH3 is 1. The van der Waals surface area contributed by atoms with Crippen LogP contribution in [0.4, 0.5) is 11.4 Å². The number of benzene rings is 2. The van der Waals surface area contributed by atoms with Crippen LogP contribution in [-0.2, 0) is 6.54 Å². The van der Waals surface area contributed by atoms with Crippen molar-refractivity contribution < 1.29 is 9.66 Å². The SMILES string of the molecule is COc1ccc(CN2CCCN(c3cc(C#N)ccc3[N+](=O)[O-])CC2)cc1. The van der Waals surface area contributed by atoms with E-state index in [-0.39, 0.29) is 10.6 Å². The number of hydrogen-bond acceptors (Lipinski definition) is 6. The monoisotopic (exact) mass is 366 g/mol. The number of anilines is 1. The number of ether oxygens (including phenoxy) is 1. The van der Waals surface area contributed by atoms with Crippen LogP contribution in [0.25, 0.3) is 0 Å². The van der Waals surface area contributed by atoms with Crippen LogP contribution in [0.2, 0.25) is 0 Å². The molecule has 0 amide bonds. The van der Waals surface area contributed by atoms with Crippen LogP contribution in [0.3, 0.4) is 0 Å². The highest BCUT2D eigenvalue weighted by Crippen LogP contribution is 2.30. The normalized spacial score (nSPS) is 15.0. The summed E-state index contributed by atoms with van der Waals surface area (Å²) in [5.41, 5.74) is 2.24. The van der Waals surface area contributed by atoms with E-state index >= 15 is 0 Å². The summed E-state index contributed by atoms with van der Waals surface area (Å²) in [5.74, 6) is 0.838. The highest BCUT2D eigenvalue weighted by molar-refractivity contribution is 5.66. The molecule has 0 N–H and O–H groups in total. The number of hydrogen-bond donors (Lipinski definition) is 0. The first-order valence-corrected chi connectivity index (χ1v) is 8.89. The lowest BCUT2D eigenvalue weighted by molar-refractivity contribution is -0.384. The first-order valence-electron chi connectivity index (χ1n) is 8.89. The van der Waals surface area contributed by atoms with Gasteiger partial charge in [0.25, 0.3) is 5.69 Å². The molecule has 2 aromatic rings. The Morgan fingerprint density at radius 3 is 2.59 bits per heavy atom. The van der Waals surface area contributed by atoms with Gasteiger partial charge in [0.2, 0.25) is 0 Å². The van der Waals surface area contributed by atoms with Gasteiger partial charge in [-0.15, -0.1) is 0 Å². The Kier molecular flexibility index (Phi) is 5.89. The molecule has 7 heteroatoms. The van der Waals surface area contributed by atoms with Crippen LogP contribution in [0.15, 0.2) is 42.5 Å². The van der Waals surface area contributed by atoms with E-state index in [0.717, 1.165) is 38.3 Å². The number of nitrogens with zero attached hydrogens (tertiary/aromatic N) is 4. The minimum atomic E-state index is -0.378. The molecule has 0 atom stereocenters. The molecule has 0 aromatic heterocycles. The fourth-order valence-electron chi connectivity index (χ4n) is 3.36. The first-order chi connectivity index (χ1) is 13.1. The van der Waals surface area contributed by atoms with Crippen LogP contribution < -0.4 is 9.64 Å². The average Bonchev–Trinajstić information content (AvgIpc) is 2.93. The molecule has 1 fully saturated rings. The van der Waals surface area contributed by atoms with Crippen molar-refractivity contribution >= 4 is 11.4 Å². The van der Waals surface area contributed by atoms with Gasteiger partial charge in [-0.05, 0) is 36.2 Å². The molecule has 140 valence electrons. The van der Waals surface area contributed by atoms with Gasteiger partial charge in [0.1, 0.15) is 11.4 Å². The van der Waals surface area contributed by atoms with Crippen LogP contribution in [0.1, 0.15) is 17.5 Å². The molecule has 1 heterocycles. The van der Waals surface area contributed by atoms with Crippen molar-refractivity contribution in [2.45, 2.75) is 13.0 Å². The number of rotatable bonds is 5. The molecule has 1 aliphatic rings. The molecule has 2 aromatic carbocycles. The van der Waals surface area contributed by atoms with Gasteiger partial charge in [-0.25, -0.2) is 0 Å². The second-order valence-corrected chi connectivity index (χ2v) is 6.54. The Bertz CT molecular complexity index is 845. The van der Waals surface area contributed by atoms with Gasteiger partial charge >= 0.3 is 0 Å². The topological polar surface area (TPSA) is 82.6 Å². The zero-order valence-corrected chi connectivity index (χ0v) is 15.3. The zero-order valence-electron chi connectivity index (χ0n) is 15.3. The highest BCUT2D eigenvalue weighted by atomic mass is 16.6. The van der Waals surface area contributed by atoms with Crippen molar-refractivity contribution in [2.24, 2.45) is 0 Å². The van der Waals surface area contributed by atoms with Crippen LogP contribution in [-0.4, -0.2) is 43.1 Å². The third-order valence-electron chi connectivity index (χ3n) is 4.80. The van der Waals surface area contributed by atoms with Gasteiger partial charge in [0, 0.05) is 38.8 Å². The molecule has 0 saturated carbocycles. The summed E-state index contributed by atoms with van der Waals surface area (Å²) >= 11 is 0. The third-order valence-corrected chi connectivity index (χ3v) is 4.80. The molecular formula is C20H22N4O3. The van der Waals surface area contributed by atoms with E-state index in [1.165, 1.54) is 17.7 Å². The summed E-state index contributed by atoms with van der Waals surface area (Å²) < 4.78 is 5.19. The summed E-state index contributed by atoms with van der Waals surface area (Å²) in [7, 11) is 1.65. The van der Waals surface area contributed by atoms with Crippen molar-refractivity contribution in [3.8, 4) is 11.8 Å². The molecule has 0 bridgehead atoms. The van der Waals surface area contributed by atoms with Crippen LogP contribution >= 0.6 is 0 Å². The van der Waals surface area contributed by atoms with Gasteiger partial charge < -0.3 is 9.64 Å². The summed E-state index contributed by atoms with van der Waals surface area (Å²) in [4.78, 5) is 15.4. The molecule has 1 aliphatic heterocycles. The van der Waals surface area contributed by atoms with Gasteiger partial charge in [-0.2, -0.15) is 5.26 Å². The minimum absolute atomic E-state index is 0.0533. The smallest absolute Gasteiger partial charge is 0.292 e. The van der Waals surface area contributed by atoms with Crippen molar-refractivity contribution in [1.29, 1.82) is 5.26 Å². The second-order valence-electron chi connectivity index (χ2n) is 6.54. The Hall–Kier alpha value is -3.11. The Balaban J connectivity index is 1.71. The number of nitro groups is 1. The minimum Gasteiger partial charge on any atom is -0.497 e. The standard InChI is InChI=1S/C20H22N4O3/c1-27-18-6-3-16(4-7-18)15-22-9-2-10-23(12-11-22)20-13-17(14-21)5-8-19(20)24(25)26/h3-8,13H,2,9-12,15H2,1H3. The van der Waals surface area contributed by atoms with Crippen LogP contribution in [0.5, 0.6) is 5.75 Å². The molecule has 7 nitrogen and oxygen atoms in total. The molecule has 27 heavy (non-hydrogen) atoms. The maximum Gasteiger partial charge on any atom is 0.292 e. The third kappa shape index (κ3) is 4.54. The first kappa shape index (κ1) is 18.7. The molecular weight excluding hydrogens is 344 g/mol. The summed E-state index contributed by atoms with van der Waals surface area (Å²) in [6, 6.07) is 14.6. The van der Waals surface area contributed by atoms with E-state index in [0.29, 0.717) is 17.8 Å². The second kappa shape index (κ2) is 8.52. The van der Waals surface area contributed by atoms with Crippen molar-refractivity contribution in [1.82, 2.24) is 4.90 Å². The fraction of sp³-hybridized carbons (Fsp3) is 0.350. The lowest BCUT2D eigenvalue weighted by Crippen LogP contribution is -2.30. The Labute approximate surface area is 158 Å². The van der Waals surface area contributed by atoms with E-state index < -0.39 is 0 Å². The maximum atomic E-state index is 11.4. The number of nitro benzene ring substituents is 1. The zero-order chi connectivity index (χ0) is 19.2. The fourth-order valence-corrected chi connectivity index (χ4v) is 3.36. The van der Waals surface area contributed by atoms with Gasteiger partial charge in [-0.1, -0.05) is 12.1 Å². The summed E-state index contributed by atoms with van der Waals surface area (Å²) in [6.07, 6.45) is 0.907. The molecule has 0 radical (unpaired) electrons. The molecule has 0 unspecified atom stereocenters. The van der Waals surface area contributed by atoms with E-state index in [4.69, 9.17) is 10.00 Å². The van der Waals surface area contributed by atoms with E-state index in [9.17, 15) is 10.1 Å². The quantitative estimate of drug-likeness (QED) is 0.597. The van der Waals surface area contributed by atoms with E-state index in [1.807, 2.05) is 17.0 Å². The number of nitriles is 1. The van der Waals surface area contributed by atoms with Crippen molar-refractivity contribution in [3.05, 3.63) is 63.7 Å². The lowest BCUT2D eigenvalue weighted by Gasteiger charge is -2.23. The summed E-state index contributed by atoms with van der Waals surface area (Å²) in [6.45, 7) is 3.98. The van der Waals surface area contributed by atoms with Crippen molar-refractivity contribution in [3.63, 3.8) is 0 Å². The van der Waals surface area contributed by atoms with Gasteiger partial charge in [-0.3, -0.25) is 15.0 Å².